The van der Waals surface area contributed by atoms with Gasteiger partial charge in [-0.15, -0.1) is 0 Å². The summed E-state index contributed by atoms with van der Waals surface area (Å²) in [6, 6.07) is 10.3. The second-order valence-electron chi connectivity index (χ2n) is 6.67. The van der Waals surface area contributed by atoms with E-state index >= 15 is 0 Å². The lowest BCUT2D eigenvalue weighted by Gasteiger charge is -2.39. The molecule has 1 saturated heterocycles. The molecule has 0 bridgehead atoms. The molecular weight excluding hydrogens is 246 g/mol. The Labute approximate surface area is 122 Å². The second-order valence-corrected chi connectivity index (χ2v) is 6.67. The van der Waals surface area contributed by atoms with Crippen LogP contribution < -0.4 is 5.32 Å². The molecule has 1 aliphatic carbocycles. The highest BCUT2D eigenvalue weighted by Crippen LogP contribution is 2.40. The summed E-state index contributed by atoms with van der Waals surface area (Å²) in [6.07, 6.45) is 8.52. The predicted octanol–water partition coefficient (Wildman–Crippen LogP) is 3.45. The van der Waals surface area contributed by atoms with Crippen molar-refractivity contribution >= 4 is 0 Å². The molecule has 2 aliphatic rings. The van der Waals surface area contributed by atoms with Gasteiger partial charge in [-0.2, -0.15) is 0 Å². The minimum atomic E-state index is -0.635. The average Bonchev–Trinajstić information content (AvgIpc) is 3.33. The van der Waals surface area contributed by atoms with Gasteiger partial charge in [-0.3, -0.25) is 0 Å². The summed E-state index contributed by atoms with van der Waals surface area (Å²) in [5.41, 5.74) is 0.480. The molecule has 1 aromatic rings. The van der Waals surface area contributed by atoms with Gasteiger partial charge in [0.15, 0.2) is 0 Å². The second kappa shape index (κ2) is 6.28. The molecule has 0 spiro atoms. The van der Waals surface area contributed by atoms with Crippen molar-refractivity contribution in [1.29, 1.82) is 0 Å². The molecule has 3 rings (SSSR count). The molecule has 1 aromatic carbocycles. The zero-order chi connectivity index (χ0) is 13.8. The third kappa shape index (κ3) is 3.24. The number of piperidine rings is 1. The molecule has 1 heterocycles. The van der Waals surface area contributed by atoms with E-state index in [2.05, 4.69) is 29.6 Å². The van der Waals surface area contributed by atoms with Gasteiger partial charge in [0.1, 0.15) is 0 Å². The molecule has 2 heteroatoms. The summed E-state index contributed by atoms with van der Waals surface area (Å²) in [5, 5.41) is 14.9. The number of rotatable bonds is 6. The van der Waals surface area contributed by atoms with E-state index in [0.717, 1.165) is 43.8 Å². The Morgan fingerprint density at radius 2 is 1.95 bits per heavy atom. The van der Waals surface area contributed by atoms with Crippen LogP contribution in [-0.4, -0.2) is 18.2 Å². The standard InChI is InChI=1S/C18H27NO/c20-18(12-4-6-15-10-11-15,16-7-2-1-3-8-16)17-9-5-13-19-14-17/h1-3,7-8,15,17,19-20H,4-6,9-14H2. The Balaban J connectivity index is 1.73. The fourth-order valence-corrected chi connectivity index (χ4v) is 3.64. The number of benzene rings is 1. The summed E-state index contributed by atoms with van der Waals surface area (Å²) in [5.74, 6) is 1.32. The van der Waals surface area contributed by atoms with E-state index in [4.69, 9.17) is 0 Å². The number of hydrogen-bond acceptors (Lipinski definition) is 2. The van der Waals surface area contributed by atoms with Crippen LogP contribution in [0.25, 0.3) is 0 Å². The highest BCUT2D eigenvalue weighted by Gasteiger charge is 2.38. The average molecular weight is 273 g/mol. The van der Waals surface area contributed by atoms with E-state index in [9.17, 15) is 5.11 Å². The van der Waals surface area contributed by atoms with Crippen molar-refractivity contribution in [2.24, 2.45) is 11.8 Å². The normalized spacial score (nSPS) is 26.1. The highest BCUT2D eigenvalue weighted by molar-refractivity contribution is 5.23. The van der Waals surface area contributed by atoms with E-state index in [-0.39, 0.29) is 0 Å². The van der Waals surface area contributed by atoms with Gasteiger partial charge in [-0.25, -0.2) is 0 Å². The van der Waals surface area contributed by atoms with Gasteiger partial charge in [0.25, 0.3) is 0 Å². The van der Waals surface area contributed by atoms with Gasteiger partial charge >= 0.3 is 0 Å². The zero-order valence-electron chi connectivity index (χ0n) is 12.4. The lowest BCUT2D eigenvalue weighted by molar-refractivity contribution is -0.0428. The molecule has 1 aliphatic heterocycles. The molecule has 2 nitrogen and oxygen atoms in total. The van der Waals surface area contributed by atoms with Gasteiger partial charge in [-0.05, 0) is 43.7 Å². The molecule has 20 heavy (non-hydrogen) atoms. The third-order valence-electron chi connectivity index (χ3n) is 5.11. The Kier molecular flexibility index (Phi) is 4.42. The smallest absolute Gasteiger partial charge is 0.0936 e. The van der Waals surface area contributed by atoms with Crippen molar-refractivity contribution in [3.8, 4) is 0 Å². The van der Waals surface area contributed by atoms with Crippen molar-refractivity contribution in [2.75, 3.05) is 13.1 Å². The minimum absolute atomic E-state index is 0.359. The van der Waals surface area contributed by atoms with Crippen molar-refractivity contribution < 1.29 is 5.11 Å². The Bertz CT molecular complexity index is 409. The lowest BCUT2D eigenvalue weighted by Crippen LogP contribution is -2.44. The summed E-state index contributed by atoms with van der Waals surface area (Å²) in [6.45, 7) is 2.05. The zero-order valence-corrected chi connectivity index (χ0v) is 12.4. The van der Waals surface area contributed by atoms with Crippen molar-refractivity contribution in [3.05, 3.63) is 35.9 Å². The molecular formula is C18H27NO. The van der Waals surface area contributed by atoms with E-state index in [1.807, 2.05) is 6.07 Å². The highest BCUT2D eigenvalue weighted by atomic mass is 16.3. The molecule has 2 N–H and O–H groups in total. The fraction of sp³-hybridized carbons (Fsp3) is 0.667. The predicted molar refractivity (Wildman–Crippen MR) is 82.5 cm³/mol. The summed E-state index contributed by atoms with van der Waals surface area (Å²) >= 11 is 0. The molecule has 0 amide bonds. The SMILES string of the molecule is OC(CCCC1CC1)(c1ccccc1)C1CCCNC1. The quantitative estimate of drug-likeness (QED) is 0.832. The van der Waals surface area contributed by atoms with E-state index < -0.39 is 5.60 Å². The first-order valence-electron chi connectivity index (χ1n) is 8.27. The molecule has 0 aromatic heterocycles. The Hall–Kier alpha value is -0.860. The minimum Gasteiger partial charge on any atom is -0.385 e. The summed E-state index contributed by atoms with van der Waals surface area (Å²) < 4.78 is 0. The molecule has 1 saturated carbocycles. The van der Waals surface area contributed by atoms with Crippen molar-refractivity contribution in [2.45, 2.75) is 50.5 Å². The van der Waals surface area contributed by atoms with Crippen LogP contribution in [0, 0.1) is 11.8 Å². The first-order chi connectivity index (χ1) is 9.79. The van der Waals surface area contributed by atoms with Gasteiger partial charge in [0.2, 0.25) is 0 Å². The number of aliphatic hydroxyl groups is 1. The van der Waals surface area contributed by atoms with Crippen LogP contribution in [0.5, 0.6) is 0 Å². The third-order valence-corrected chi connectivity index (χ3v) is 5.11. The maximum absolute atomic E-state index is 11.4. The molecule has 2 atom stereocenters. The van der Waals surface area contributed by atoms with E-state index in [1.165, 1.54) is 25.7 Å². The van der Waals surface area contributed by atoms with Crippen molar-refractivity contribution in [1.82, 2.24) is 5.32 Å². The van der Waals surface area contributed by atoms with Gasteiger partial charge in [0, 0.05) is 12.5 Å². The van der Waals surface area contributed by atoms with Crippen LogP contribution in [-0.2, 0) is 5.60 Å². The summed E-state index contributed by atoms with van der Waals surface area (Å²) in [7, 11) is 0. The number of hydrogen-bond donors (Lipinski definition) is 2. The first kappa shape index (κ1) is 14.1. The van der Waals surface area contributed by atoms with E-state index in [0.29, 0.717) is 5.92 Å². The van der Waals surface area contributed by atoms with Crippen LogP contribution in [0.1, 0.15) is 50.5 Å². The van der Waals surface area contributed by atoms with Gasteiger partial charge in [0.05, 0.1) is 5.60 Å². The number of nitrogens with one attached hydrogen (secondary N) is 1. The molecule has 0 radical (unpaired) electrons. The maximum atomic E-state index is 11.4. The van der Waals surface area contributed by atoms with Crippen LogP contribution in [0.4, 0.5) is 0 Å². The molecule has 110 valence electrons. The largest absolute Gasteiger partial charge is 0.385 e. The van der Waals surface area contributed by atoms with Gasteiger partial charge in [-0.1, -0.05) is 49.6 Å². The van der Waals surface area contributed by atoms with Gasteiger partial charge < -0.3 is 10.4 Å². The van der Waals surface area contributed by atoms with Crippen LogP contribution in [0.3, 0.4) is 0 Å². The lowest BCUT2D eigenvalue weighted by atomic mass is 9.74. The Morgan fingerprint density at radius 1 is 1.15 bits per heavy atom. The van der Waals surface area contributed by atoms with Crippen molar-refractivity contribution in [3.63, 3.8) is 0 Å². The topological polar surface area (TPSA) is 32.3 Å². The fourth-order valence-electron chi connectivity index (χ4n) is 3.64. The van der Waals surface area contributed by atoms with E-state index in [1.54, 1.807) is 0 Å². The Morgan fingerprint density at radius 3 is 2.60 bits per heavy atom. The molecule has 2 unspecified atom stereocenters. The maximum Gasteiger partial charge on any atom is 0.0936 e. The monoisotopic (exact) mass is 273 g/mol. The molecule has 2 fully saturated rings. The summed E-state index contributed by atoms with van der Waals surface area (Å²) in [4.78, 5) is 0. The van der Waals surface area contributed by atoms with Crippen LogP contribution in [0.2, 0.25) is 0 Å². The van der Waals surface area contributed by atoms with Crippen LogP contribution in [0.15, 0.2) is 30.3 Å². The van der Waals surface area contributed by atoms with Crippen LogP contribution >= 0.6 is 0 Å². The first-order valence-corrected chi connectivity index (χ1v) is 8.27.